The monoisotopic (exact) mass is 218 g/mol. The number of ether oxygens (including phenoxy) is 1. The van der Waals surface area contributed by atoms with Gasteiger partial charge in [-0.05, 0) is 31.2 Å². The van der Waals surface area contributed by atoms with E-state index >= 15 is 0 Å². The van der Waals surface area contributed by atoms with Crippen molar-refractivity contribution in [3.05, 3.63) is 48.6 Å². The second kappa shape index (κ2) is 8.12. The minimum Gasteiger partial charge on any atom is -0.374 e. The summed E-state index contributed by atoms with van der Waals surface area (Å²) >= 11 is 0. The molecule has 0 aromatic heterocycles. The maximum Gasteiger partial charge on any atom is 0.0720 e. The standard InChI is InChI=1S/C15H22O/c1-3-5-7-12-15(4-2)16-13-14-10-8-6-9-11-14/h3,6,8-11,15H,1,4-5,7,12-13H2,2H3. The molecular formula is C15H22O. The highest BCUT2D eigenvalue weighted by Gasteiger charge is 2.05. The van der Waals surface area contributed by atoms with E-state index in [9.17, 15) is 0 Å². The molecule has 16 heavy (non-hydrogen) atoms. The Morgan fingerprint density at radius 2 is 2.06 bits per heavy atom. The molecule has 1 aromatic carbocycles. The zero-order valence-electron chi connectivity index (χ0n) is 10.2. The Morgan fingerprint density at radius 1 is 1.31 bits per heavy atom. The molecule has 1 unspecified atom stereocenters. The van der Waals surface area contributed by atoms with Gasteiger partial charge in [-0.1, -0.05) is 43.3 Å². The minimum absolute atomic E-state index is 0.389. The Balaban J connectivity index is 2.25. The highest BCUT2D eigenvalue weighted by molar-refractivity contribution is 5.13. The lowest BCUT2D eigenvalue weighted by Crippen LogP contribution is -2.11. The summed E-state index contributed by atoms with van der Waals surface area (Å²) in [5.74, 6) is 0. The van der Waals surface area contributed by atoms with Gasteiger partial charge in [0, 0.05) is 0 Å². The number of hydrogen-bond donors (Lipinski definition) is 0. The SMILES string of the molecule is C=CCCCC(CC)OCc1ccccc1. The van der Waals surface area contributed by atoms with E-state index in [0.29, 0.717) is 6.10 Å². The van der Waals surface area contributed by atoms with Crippen LogP contribution >= 0.6 is 0 Å². The Bertz CT molecular complexity index is 279. The molecule has 1 heteroatoms. The molecule has 88 valence electrons. The fraction of sp³-hybridized carbons (Fsp3) is 0.467. The first-order valence-corrected chi connectivity index (χ1v) is 6.13. The van der Waals surface area contributed by atoms with Crippen molar-refractivity contribution >= 4 is 0 Å². The van der Waals surface area contributed by atoms with Gasteiger partial charge in [0.2, 0.25) is 0 Å². The first-order chi connectivity index (χ1) is 7.86. The third-order valence-electron chi connectivity index (χ3n) is 2.72. The summed E-state index contributed by atoms with van der Waals surface area (Å²) in [6.45, 7) is 6.65. The van der Waals surface area contributed by atoms with Gasteiger partial charge in [0.15, 0.2) is 0 Å². The number of benzene rings is 1. The lowest BCUT2D eigenvalue weighted by Gasteiger charge is -2.15. The van der Waals surface area contributed by atoms with Crippen molar-refractivity contribution in [1.29, 1.82) is 0 Å². The van der Waals surface area contributed by atoms with Gasteiger partial charge in [-0.25, -0.2) is 0 Å². The molecule has 1 nitrogen and oxygen atoms in total. The van der Waals surface area contributed by atoms with Crippen LogP contribution in [0.4, 0.5) is 0 Å². The molecule has 0 spiro atoms. The van der Waals surface area contributed by atoms with E-state index in [1.54, 1.807) is 0 Å². The summed E-state index contributed by atoms with van der Waals surface area (Å²) in [7, 11) is 0. The number of rotatable bonds is 8. The van der Waals surface area contributed by atoms with E-state index in [-0.39, 0.29) is 0 Å². The van der Waals surface area contributed by atoms with Crippen LogP contribution in [0, 0.1) is 0 Å². The highest BCUT2D eigenvalue weighted by atomic mass is 16.5. The third-order valence-corrected chi connectivity index (χ3v) is 2.72. The first kappa shape index (κ1) is 13.0. The fourth-order valence-electron chi connectivity index (χ4n) is 1.68. The van der Waals surface area contributed by atoms with Crippen molar-refractivity contribution in [3.8, 4) is 0 Å². The molecule has 0 aliphatic rings. The van der Waals surface area contributed by atoms with Crippen molar-refractivity contribution < 1.29 is 4.74 Å². The normalized spacial score (nSPS) is 12.3. The number of unbranched alkanes of at least 4 members (excludes halogenated alkanes) is 1. The molecule has 0 fully saturated rings. The van der Waals surface area contributed by atoms with Crippen LogP contribution in [0.1, 0.15) is 38.2 Å². The van der Waals surface area contributed by atoms with Gasteiger partial charge in [0.05, 0.1) is 12.7 Å². The average molecular weight is 218 g/mol. The van der Waals surface area contributed by atoms with Gasteiger partial charge in [0.25, 0.3) is 0 Å². The smallest absolute Gasteiger partial charge is 0.0720 e. The number of hydrogen-bond acceptors (Lipinski definition) is 1. The summed E-state index contributed by atoms with van der Waals surface area (Å²) in [6.07, 6.45) is 6.85. The lowest BCUT2D eigenvalue weighted by molar-refractivity contribution is 0.0315. The largest absolute Gasteiger partial charge is 0.374 e. The minimum atomic E-state index is 0.389. The summed E-state index contributed by atoms with van der Waals surface area (Å²) in [5, 5.41) is 0. The molecule has 0 saturated carbocycles. The molecule has 0 amide bonds. The molecule has 0 bridgehead atoms. The summed E-state index contributed by atoms with van der Waals surface area (Å²) < 4.78 is 5.89. The zero-order valence-corrected chi connectivity index (χ0v) is 10.2. The van der Waals surface area contributed by atoms with Crippen molar-refractivity contribution in [2.24, 2.45) is 0 Å². The van der Waals surface area contributed by atoms with E-state index < -0.39 is 0 Å². The van der Waals surface area contributed by atoms with Crippen LogP contribution in [0.3, 0.4) is 0 Å². The van der Waals surface area contributed by atoms with Crippen LogP contribution in [0.15, 0.2) is 43.0 Å². The number of allylic oxidation sites excluding steroid dienone is 1. The second-order valence-corrected chi connectivity index (χ2v) is 4.05. The molecule has 1 aromatic rings. The molecule has 0 aliphatic heterocycles. The molecule has 0 saturated heterocycles. The highest BCUT2D eigenvalue weighted by Crippen LogP contribution is 2.11. The average Bonchev–Trinajstić information content (AvgIpc) is 2.35. The van der Waals surface area contributed by atoms with Gasteiger partial charge in [-0.2, -0.15) is 0 Å². The van der Waals surface area contributed by atoms with Gasteiger partial charge in [-0.3, -0.25) is 0 Å². The third kappa shape index (κ3) is 5.13. The van der Waals surface area contributed by atoms with Gasteiger partial charge < -0.3 is 4.74 Å². The summed E-state index contributed by atoms with van der Waals surface area (Å²) in [5.41, 5.74) is 1.25. The molecule has 0 heterocycles. The topological polar surface area (TPSA) is 9.23 Å². The summed E-state index contributed by atoms with van der Waals surface area (Å²) in [4.78, 5) is 0. The van der Waals surface area contributed by atoms with E-state index in [2.05, 4.69) is 37.8 Å². The van der Waals surface area contributed by atoms with Gasteiger partial charge in [0.1, 0.15) is 0 Å². The van der Waals surface area contributed by atoms with Gasteiger partial charge in [-0.15, -0.1) is 6.58 Å². The Labute approximate surface area is 99.1 Å². The van der Waals surface area contributed by atoms with Crippen molar-refractivity contribution in [2.75, 3.05) is 0 Å². The van der Waals surface area contributed by atoms with Crippen LogP contribution in [0.5, 0.6) is 0 Å². The molecule has 0 aliphatic carbocycles. The van der Waals surface area contributed by atoms with Crippen LogP contribution in [0.2, 0.25) is 0 Å². The van der Waals surface area contributed by atoms with Crippen molar-refractivity contribution in [3.63, 3.8) is 0 Å². The zero-order chi connectivity index (χ0) is 11.6. The molecule has 1 atom stereocenters. The Hall–Kier alpha value is -1.08. The lowest BCUT2D eigenvalue weighted by atomic mass is 10.1. The Morgan fingerprint density at radius 3 is 2.69 bits per heavy atom. The Kier molecular flexibility index (Phi) is 6.59. The van der Waals surface area contributed by atoms with E-state index in [1.165, 1.54) is 12.0 Å². The predicted octanol–water partition coefficient (Wildman–Crippen LogP) is 4.34. The van der Waals surface area contributed by atoms with Crippen LogP contribution in [-0.4, -0.2) is 6.10 Å². The quantitative estimate of drug-likeness (QED) is 0.466. The van der Waals surface area contributed by atoms with Crippen molar-refractivity contribution in [1.82, 2.24) is 0 Å². The predicted molar refractivity (Wildman–Crippen MR) is 69.4 cm³/mol. The van der Waals surface area contributed by atoms with Gasteiger partial charge >= 0.3 is 0 Å². The van der Waals surface area contributed by atoms with Crippen LogP contribution in [0.25, 0.3) is 0 Å². The fourth-order valence-corrected chi connectivity index (χ4v) is 1.68. The molecule has 1 rings (SSSR count). The van der Waals surface area contributed by atoms with Crippen LogP contribution in [-0.2, 0) is 11.3 Å². The first-order valence-electron chi connectivity index (χ1n) is 6.13. The van der Waals surface area contributed by atoms with Crippen LogP contribution < -0.4 is 0 Å². The molecular weight excluding hydrogens is 196 g/mol. The van der Waals surface area contributed by atoms with E-state index in [1.807, 2.05) is 12.1 Å². The van der Waals surface area contributed by atoms with Crippen molar-refractivity contribution in [2.45, 2.75) is 45.3 Å². The maximum atomic E-state index is 5.89. The second-order valence-electron chi connectivity index (χ2n) is 4.05. The molecule has 0 radical (unpaired) electrons. The van der Waals surface area contributed by atoms with E-state index in [0.717, 1.165) is 25.9 Å². The summed E-state index contributed by atoms with van der Waals surface area (Å²) in [6, 6.07) is 10.4. The molecule has 0 N–H and O–H groups in total. The van der Waals surface area contributed by atoms with E-state index in [4.69, 9.17) is 4.74 Å². The maximum absolute atomic E-state index is 5.89.